The molecule has 1 N–H and O–H groups in total. The Balaban J connectivity index is 1.60. The summed E-state index contributed by atoms with van der Waals surface area (Å²) in [6.45, 7) is 3.97. The maximum Gasteiger partial charge on any atom is 0.143 e. The van der Waals surface area contributed by atoms with Crippen molar-refractivity contribution in [3.8, 4) is 5.75 Å². The first kappa shape index (κ1) is 14.8. The minimum absolute atomic E-state index is 0.301. The SMILES string of the molecule is COc1ccc(C=C(C)CNC2CCCn3ncnc32)cc1. The number of methoxy groups -OCH3 is 1. The predicted octanol–water partition coefficient (Wildman–Crippen LogP) is 2.81. The minimum atomic E-state index is 0.301. The number of hydrogen-bond donors (Lipinski definition) is 1. The molecule has 0 aliphatic carbocycles. The summed E-state index contributed by atoms with van der Waals surface area (Å²) < 4.78 is 7.18. The summed E-state index contributed by atoms with van der Waals surface area (Å²) in [4.78, 5) is 4.38. The molecule has 5 heteroatoms. The fourth-order valence-corrected chi connectivity index (χ4v) is 2.80. The highest BCUT2D eigenvalue weighted by Crippen LogP contribution is 2.22. The Hall–Kier alpha value is -2.14. The third-order valence-electron chi connectivity index (χ3n) is 3.98. The summed E-state index contributed by atoms with van der Waals surface area (Å²) in [5, 5.41) is 7.85. The molecule has 0 spiro atoms. The molecular weight excluding hydrogens is 276 g/mol. The zero-order valence-electron chi connectivity index (χ0n) is 13.1. The van der Waals surface area contributed by atoms with E-state index in [-0.39, 0.29) is 0 Å². The van der Waals surface area contributed by atoms with Crippen molar-refractivity contribution in [3.63, 3.8) is 0 Å². The van der Waals surface area contributed by atoms with Crippen LogP contribution in [0.2, 0.25) is 0 Å². The normalized spacial score (nSPS) is 18.1. The van der Waals surface area contributed by atoms with Gasteiger partial charge in [0.1, 0.15) is 17.9 Å². The van der Waals surface area contributed by atoms with Crippen LogP contribution in [-0.2, 0) is 6.54 Å². The number of nitrogens with one attached hydrogen (secondary N) is 1. The van der Waals surface area contributed by atoms with Gasteiger partial charge in [-0.2, -0.15) is 5.10 Å². The molecule has 0 radical (unpaired) electrons. The average molecular weight is 298 g/mol. The molecule has 2 heterocycles. The molecule has 0 saturated carbocycles. The summed E-state index contributed by atoms with van der Waals surface area (Å²) in [6, 6.07) is 8.40. The highest BCUT2D eigenvalue weighted by molar-refractivity contribution is 5.53. The number of benzene rings is 1. The third-order valence-corrected chi connectivity index (χ3v) is 3.98. The lowest BCUT2D eigenvalue weighted by Crippen LogP contribution is -2.29. The van der Waals surface area contributed by atoms with E-state index in [2.05, 4.69) is 40.5 Å². The Labute approximate surface area is 131 Å². The summed E-state index contributed by atoms with van der Waals surface area (Å²) in [7, 11) is 1.68. The molecule has 5 nitrogen and oxygen atoms in total. The van der Waals surface area contributed by atoms with Gasteiger partial charge in [-0.3, -0.25) is 0 Å². The van der Waals surface area contributed by atoms with Gasteiger partial charge >= 0.3 is 0 Å². The first-order valence-corrected chi connectivity index (χ1v) is 7.68. The number of aryl methyl sites for hydroxylation is 1. The van der Waals surface area contributed by atoms with Crippen molar-refractivity contribution in [2.75, 3.05) is 13.7 Å². The van der Waals surface area contributed by atoms with E-state index in [4.69, 9.17) is 4.74 Å². The van der Waals surface area contributed by atoms with E-state index in [1.165, 1.54) is 11.1 Å². The predicted molar refractivity (Wildman–Crippen MR) is 86.6 cm³/mol. The molecule has 1 unspecified atom stereocenters. The van der Waals surface area contributed by atoms with Gasteiger partial charge in [-0.05, 0) is 37.5 Å². The minimum Gasteiger partial charge on any atom is -0.497 e. The molecule has 0 amide bonds. The lowest BCUT2D eigenvalue weighted by atomic mass is 10.1. The Morgan fingerprint density at radius 1 is 1.41 bits per heavy atom. The van der Waals surface area contributed by atoms with Crippen LogP contribution in [0.5, 0.6) is 5.75 Å². The van der Waals surface area contributed by atoms with Crippen LogP contribution in [0.3, 0.4) is 0 Å². The standard InChI is InChI=1S/C17H22N4O/c1-13(10-14-5-7-15(22-2)8-6-14)11-18-16-4-3-9-21-17(16)19-12-20-21/h5-8,10,12,16,18H,3-4,9,11H2,1-2H3. The van der Waals surface area contributed by atoms with Crippen LogP contribution in [-0.4, -0.2) is 28.4 Å². The van der Waals surface area contributed by atoms with Gasteiger partial charge in [-0.1, -0.05) is 23.8 Å². The second kappa shape index (κ2) is 6.75. The van der Waals surface area contributed by atoms with Crippen LogP contribution in [0.25, 0.3) is 6.08 Å². The first-order chi connectivity index (χ1) is 10.8. The average Bonchev–Trinajstić information content (AvgIpc) is 3.03. The van der Waals surface area contributed by atoms with Gasteiger partial charge < -0.3 is 10.1 Å². The Morgan fingerprint density at radius 2 is 2.23 bits per heavy atom. The largest absolute Gasteiger partial charge is 0.497 e. The maximum absolute atomic E-state index is 5.18. The van der Waals surface area contributed by atoms with E-state index in [1.54, 1.807) is 13.4 Å². The van der Waals surface area contributed by atoms with Crippen LogP contribution < -0.4 is 10.1 Å². The second-order valence-electron chi connectivity index (χ2n) is 5.68. The van der Waals surface area contributed by atoms with E-state index >= 15 is 0 Å². The molecule has 1 aromatic heterocycles. The smallest absolute Gasteiger partial charge is 0.143 e. The van der Waals surface area contributed by atoms with Crippen LogP contribution in [0.1, 0.15) is 37.2 Å². The molecule has 3 rings (SSSR count). The van der Waals surface area contributed by atoms with Gasteiger partial charge in [-0.25, -0.2) is 9.67 Å². The van der Waals surface area contributed by atoms with Crippen molar-refractivity contribution in [2.45, 2.75) is 32.4 Å². The quantitative estimate of drug-likeness (QED) is 0.922. The second-order valence-corrected chi connectivity index (χ2v) is 5.68. The third kappa shape index (κ3) is 3.36. The number of hydrogen-bond acceptors (Lipinski definition) is 4. The molecule has 1 aromatic carbocycles. The molecule has 1 atom stereocenters. The summed E-state index contributed by atoms with van der Waals surface area (Å²) in [5.74, 6) is 1.94. The molecule has 116 valence electrons. The van der Waals surface area contributed by atoms with Crippen molar-refractivity contribution in [1.29, 1.82) is 0 Å². The maximum atomic E-state index is 5.18. The van der Waals surface area contributed by atoms with Crippen molar-refractivity contribution in [2.24, 2.45) is 0 Å². The molecule has 0 bridgehead atoms. The first-order valence-electron chi connectivity index (χ1n) is 7.68. The number of rotatable bonds is 5. The van der Waals surface area contributed by atoms with E-state index in [0.29, 0.717) is 6.04 Å². The van der Waals surface area contributed by atoms with Crippen LogP contribution in [0, 0.1) is 0 Å². The zero-order chi connectivity index (χ0) is 15.4. The van der Waals surface area contributed by atoms with Gasteiger partial charge in [0.15, 0.2) is 0 Å². The molecule has 1 aliphatic rings. The fraction of sp³-hybridized carbons (Fsp3) is 0.412. The van der Waals surface area contributed by atoms with Gasteiger partial charge in [0.2, 0.25) is 0 Å². The summed E-state index contributed by atoms with van der Waals surface area (Å²) in [6.07, 6.45) is 6.11. The highest BCUT2D eigenvalue weighted by Gasteiger charge is 2.21. The van der Waals surface area contributed by atoms with E-state index in [1.807, 2.05) is 16.8 Å². The summed E-state index contributed by atoms with van der Waals surface area (Å²) in [5.41, 5.74) is 2.48. The summed E-state index contributed by atoms with van der Waals surface area (Å²) >= 11 is 0. The van der Waals surface area contributed by atoms with Gasteiger partial charge in [0.25, 0.3) is 0 Å². The fourth-order valence-electron chi connectivity index (χ4n) is 2.80. The van der Waals surface area contributed by atoms with E-state index in [0.717, 1.165) is 37.5 Å². The van der Waals surface area contributed by atoms with Gasteiger partial charge in [-0.15, -0.1) is 0 Å². The van der Waals surface area contributed by atoms with E-state index in [9.17, 15) is 0 Å². The molecule has 0 saturated heterocycles. The number of aromatic nitrogens is 3. The molecule has 1 aliphatic heterocycles. The van der Waals surface area contributed by atoms with Crippen LogP contribution in [0.4, 0.5) is 0 Å². The lowest BCUT2D eigenvalue weighted by Gasteiger charge is -2.23. The van der Waals surface area contributed by atoms with Gasteiger partial charge in [0.05, 0.1) is 13.2 Å². The molecular formula is C17H22N4O. The number of fused-ring (bicyclic) bond motifs is 1. The monoisotopic (exact) mass is 298 g/mol. The number of ether oxygens (including phenoxy) is 1. The highest BCUT2D eigenvalue weighted by atomic mass is 16.5. The molecule has 22 heavy (non-hydrogen) atoms. The van der Waals surface area contributed by atoms with Crippen molar-refractivity contribution in [1.82, 2.24) is 20.1 Å². The molecule has 2 aromatic rings. The van der Waals surface area contributed by atoms with Crippen molar-refractivity contribution >= 4 is 6.08 Å². The Kier molecular flexibility index (Phi) is 4.53. The number of nitrogens with zero attached hydrogens (tertiary/aromatic N) is 3. The van der Waals surface area contributed by atoms with Crippen LogP contribution in [0.15, 0.2) is 36.2 Å². The Morgan fingerprint density at radius 3 is 3.00 bits per heavy atom. The lowest BCUT2D eigenvalue weighted by molar-refractivity contribution is 0.375. The van der Waals surface area contributed by atoms with Crippen molar-refractivity contribution in [3.05, 3.63) is 47.6 Å². The van der Waals surface area contributed by atoms with Crippen molar-refractivity contribution < 1.29 is 4.74 Å². The zero-order valence-corrected chi connectivity index (χ0v) is 13.1. The van der Waals surface area contributed by atoms with Crippen LogP contribution >= 0.6 is 0 Å². The topological polar surface area (TPSA) is 52.0 Å². The van der Waals surface area contributed by atoms with E-state index < -0.39 is 0 Å². The Bertz CT molecular complexity index is 645. The van der Waals surface area contributed by atoms with Gasteiger partial charge in [0, 0.05) is 13.1 Å². The molecule has 0 fully saturated rings.